The first-order chi connectivity index (χ1) is 13.9. The lowest BCUT2D eigenvalue weighted by Crippen LogP contribution is -2.61. The van der Waals surface area contributed by atoms with Crippen molar-refractivity contribution in [3.63, 3.8) is 0 Å². The Bertz CT molecular complexity index is 1210. The highest BCUT2D eigenvalue weighted by Gasteiger charge is 2.57. The van der Waals surface area contributed by atoms with Crippen molar-refractivity contribution in [3.8, 4) is 0 Å². The van der Waals surface area contributed by atoms with E-state index in [9.17, 15) is 9.59 Å². The van der Waals surface area contributed by atoms with Gasteiger partial charge in [0.15, 0.2) is 0 Å². The van der Waals surface area contributed by atoms with E-state index in [-0.39, 0.29) is 11.8 Å². The summed E-state index contributed by atoms with van der Waals surface area (Å²) in [6.45, 7) is 3.86. The van der Waals surface area contributed by atoms with E-state index in [0.717, 1.165) is 11.1 Å². The third-order valence-electron chi connectivity index (χ3n) is 5.57. The fraction of sp³-hybridized carbons (Fsp3) is 0.130. The average molecular weight is 404 g/mol. The standard InChI is InChI=1S/C23H18ClN3O2/c1-13-7-10-20-17(11-13)23(22(29)25-20)26-19-6-4-3-5-16(19)21(28)27(23)15-9-8-14(2)18(24)12-15/h3-12,26H,1-2H3,(H,25,29)/t23-/m0/s1. The van der Waals surface area contributed by atoms with E-state index in [1.165, 1.54) is 4.90 Å². The molecular weight excluding hydrogens is 386 g/mol. The van der Waals surface area contributed by atoms with Crippen molar-refractivity contribution in [2.24, 2.45) is 0 Å². The molecular formula is C23H18ClN3O2. The van der Waals surface area contributed by atoms with Gasteiger partial charge in [0, 0.05) is 27.6 Å². The summed E-state index contributed by atoms with van der Waals surface area (Å²) in [5.41, 5.74) is 3.57. The number of benzene rings is 3. The Morgan fingerprint density at radius 2 is 1.72 bits per heavy atom. The molecule has 0 aromatic heterocycles. The van der Waals surface area contributed by atoms with Gasteiger partial charge >= 0.3 is 0 Å². The molecule has 0 saturated heterocycles. The number of hydrogen-bond acceptors (Lipinski definition) is 3. The van der Waals surface area contributed by atoms with Crippen LogP contribution in [0.15, 0.2) is 60.7 Å². The van der Waals surface area contributed by atoms with E-state index in [2.05, 4.69) is 10.6 Å². The third kappa shape index (κ3) is 2.41. The number of hydrogen-bond donors (Lipinski definition) is 2. The van der Waals surface area contributed by atoms with Crippen LogP contribution in [0, 0.1) is 13.8 Å². The minimum absolute atomic E-state index is 0.260. The molecule has 2 N–H and O–H groups in total. The van der Waals surface area contributed by atoms with E-state index in [0.29, 0.717) is 33.2 Å². The number of carbonyl (C=O) groups excluding carboxylic acids is 2. The lowest BCUT2D eigenvalue weighted by atomic mass is 9.91. The van der Waals surface area contributed by atoms with E-state index < -0.39 is 5.66 Å². The van der Waals surface area contributed by atoms with Gasteiger partial charge in [-0.05, 0) is 55.8 Å². The molecule has 0 radical (unpaired) electrons. The molecule has 1 spiro atoms. The zero-order valence-corrected chi connectivity index (χ0v) is 16.7. The number of anilines is 3. The first-order valence-electron chi connectivity index (χ1n) is 9.32. The summed E-state index contributed by atoms with van der Waals surface area (Å²) in [5.74, 6) is -0.568. The minimum atomic E-state index is -1.40. The minimum Gasteiger partial charge on any atom is -0.350 e. The van der Waals surface area contributed by atoms with Crippen molar-refractivity contribution in [2.75, 3.05) is 15.5 Å². The molecule has 0 fully saturated rings. The predicted octanol–water partition coefficient (Wildman–Crippen LogP) is 4.83. The monoisotopic (exact) mass is 403 g/mol. The largest absolute Gasteiger partial charge is 0.350 e. The van der Waals surface area contributed by atoms with Gasteiger partial charge in [-0.3, -0.25) is 14.5 Å². The molecule has 3 aromatic rings. The number of nitrogens with zero attached hydrogens (tertiary/aromatic N) is 1. The number of para-hydroxylation sites is 1. The van der Waals surface area contributed by atoms with Crippen LogP contribution in [-0.4, -0.2) is 11.8 Å². The summed E-state index contributed by atoms with van der Waals surface area (Å²) < 4.78 is 0. The fourth-order valence-electron chi connectivity index (χ4n) is 4.08. The Morgan fingerprint density at radius 1 is 0.931 bits per heavy atom. The van der Waals surface area contributed by atoms with Crippen LogP contribution in [0.4, 0.5) is 17.1 Å². The molecule has 5 nitrogen and oxygen atoms in total. The van der Waals surface area contributed by atoms with Crippen LogP contribution in [0.25, 0.3) is 0 Å². The summed E-state index contributed by atoms with van der Waals surface area (Å²) in [7, 11) is 0. The van der Waals surface area contributed by atoms with Gasteiger partial charge in [-0.2, -0.15) is 0 Å². The number of aryl methyl sites for hydroxylation is 2. The third-order valence-corrected chi connectivity index (χ3v) is 5.97. The van der Waals surface area contributed by atoms with Crippen LogP contribution in [-0.2, 0) is 10.5 Å². The van der Waals surface area contributed by atoms with Gasteiger partial charge in [0.25, 0.3) is 11.8 Å². The van der Waals surface area contributed by atoms with Gasteiger partial charge in [0.05, 0.1) is 5.56 Å². The van der Waals surface area contributed by atoms with Crippen LogP contribution in [0.5, 0.6) is 0 Å². The number of carbonyl (C=O) groups is 2. The maximum atomic E-state index is 13.7. The molecule has 0 unspecified atom stereocenters. The second-order valence-electron chi connectivity index (χ2n) is 7.46. The topological polar surface area (TPSA) is 61.4 Å². The van der Waals surface area contributed by atoms with Gasteiger partial charge in [-0.1, -0.05) is 41.4 Å². The summed E-state index contributed by atoms with van der Waals surface area (Å²) in [6, 6.07) is 18.4. The van der Waals surface area contributed by atoms with Gasteiger partial charge < -0.3 is 10.6 Å². The molecule has 2 amide bonds. The zero-order valence-electron chi connectivity index (χ0n) is 15.9. The van der Waals surface area contributed by atoms with E-state index in [1.807, 2.05) is 62.4 Å². The second kappa shape index (κ2) is 6.09. The van der Waals surface area contributed by atoms with E-state index >= 15 is 0 Å². The molecule has 1 atom stereocenters. The van der Waals surface area contributed by atoms with Crippen LogP contribution >= 0.6 is 11.6 Å². The average Bonchev–Trinajstić information content (AvgIpc) is 2.96. The summed E-state index contributed by atoms with van der Waals surface area (Å²) in [4.78, 5) is 28.6. The summed E-state index contributed by atoms with van der Waals surface area (Å²) in [6.07, 6.45) is 0. The molecule has 0 bridgehead atoms. The molecule has 0 saturated carbocycles. The van der Waals surface area contributed by atoms with Crippen molar-refractivity contribution < 1.29 is 9.59 Å². The summed E-state index contributed by atoms with van der Waals surface area (Å²) in [5, 5.41) is 6.84. The fourth-order valence-corrected chi connectivity index (χ4v) is 4.26. The normalized spacial score (nSPS) is 19.6. The van der Waals surface area contributed by atoms with Gasteiger partial charge in [0.2, 0.25) is 5.66 Å². The SMILES string of the molecule is Cc1ccc2c(c1)[C@@]1(Nc3ccccc3C(=O)N1c1ccc(C)c(Cl)c1)C(=O)N2. The maximum Gasteiger partial charge on any atom is 0.276 e. The molecule has 6 heteroatoms. The highest BCUT2D eigenvalue weighted by molar-refractivity contribution is 6.32. The Labute approximate surface area is 173 Å². The lowest BCUT2D eigenvalue weighted by Gasteiger charge is -2.44. The molecule has 144 valence electrons. The molecule has 3 aromatic carbocycles. The number of halogens is 1. The molecule has 2 aliphatic heterocycles. The number of rotatable bonds is 1. The zero-order chi connectivity index (χ0) is 20.3. The highest BCUT2D eigenvalue weighted by Crippen LogP contribution is 2.47. The first kappa shape index (κ1) is 17.8. The van der Waals surface area contributed by atoms with Crippen LogP contribution in [0.1, 0.15) is 27.0 Å². The van der Waals surface area contributed by atoms with Crippen LogP contribution < -0.4 is 15.5 Å². The molecule has 5 rings (SSSR count). The predicted molar refractivity (Wildman–Crippen MR) is 115 cm³/mol. The van der Waals surface area contributed by atoms with Crippen molar-refractivity contribution in [1.82, 2.24) is 0 Å². The number of nitrogens with one attached hydrogen (secondary N) is 2. The molecule has 2 aliphatic rings. The number of fused-ring (bicyclic) bond motifs is 3. The molecule has 2 heterocycles. The first-order valence-corrected chi connectivity index (χ1v) is 9.70. The van der Waals surface area contributed by atoms with Crippen molar-refractivity contribution >= 4 is 40.5 Å². The Kier molecular flexibility index (Phi) is 3.73. The smallest absolute Gasteiger partial charge is 0.276 e. The Hall–Kier alpha value is -3.31. The maximum absolute atomic E-state index is 13.7. The quantitative estimate of drug-likeness (QED) is 0.611. The number of amides is 2. The Morgan fingerprint density at radius 3 is 2.52 bits per heavy atom. The van der Waals surface area contributed by atoms with E-state index in [4.69, 9.17) is 11.6 Å². The highest BCUT2D eigenvalue weighted by atomic mass is 35.5. The van der Waals surface area contributed by atoms with Crippen molar-refractivity contribution in [3.05, 3.63) is 87.9 Å². The molecule has 0 aliphatic carbocycles. The Balaban J connectivity index is 1.83. The second-order valence-corrected chi connectivity index (χ2v) is 7.87. The van der Waals surface area contributed by atoms with Crippen molar-refractivity contribution in [2.45, 2.75) is 19.5 Å². The molecule has 29 heavy (non-hydrogen) atoms. The van der Waals surface area contributed by atoms with Gasteiger partial charge in [-0.15, -0.1) is 0 Å². The van der Waals surface area contributed by atoms with Gasteiger partial charge in [0.1, 0.15) is 0 Å². The van der Waals surface area contributed by atoms with Gasteiger partial charge in [-0.25, -0.2) is 0 Å². The van der Waals surface area contributed by atoms with E-state index in [1.54, 1.807) is 12.1 Å². The summed E-state index contributed by atoms with van der Waals surface area (Å²) >= 11 is 6.38. The van der Waals surface area contributed by atoms with Crippen LogP contribution in [0.3, 0.4) is 0 Å². The van der Waals surface area contributed by atoms with Crippen LogP contribution in [0.2, 0.25) is 5.02 Å². The van der Waals surface area contributed by atoms with Crippen molar-refractivity contribution in [1.29, 1.82) is 0 Å². The lowest BCUT2D eigenvalue weighted by molar-refractivity contribution is -0.119.